The minimum Gasteiger partial charge on any atom is -0.351 e. The summed E-state index contributed by atoms with van der Waals surface area (Å²) >= 11 is 0. The van der Waals surface area contributed by atoms with E-state index in [0.29, 0.717) is 17.6 Å². The summed E-state index contributed by atoms with van der Waals surface area (Å²) in [6.07, 6.45) is 1.65. The lowest BCUT2D eigenvalue weighted by atomic mass is 10.0. The number of nitrogens with zero attached hydrogens (tertiary/aromatic N) is 5. The van der Waals surface area contributed by atoms with Crippen LogP contribution in [0.5, 0.6) is 0 Å². The number of likely N-dealkylation sites (N-methyl/N-ethyl adjacent to an activating group) is 1. The predicted octanol–water partition coefficient (Wildman–Crippen LogP) is 2.00. The Labute approximate surface area is 127 Å². The van der Waals surface area contributed by atoms with E-state index >= 15 is 0 Å². The van der Waals surface area contributed by atoms with Gasteiger partial charge in [-0.05, 0) is 39.3 Å². The molecule has 1 aliphatic heterocycles. The molecule has 0 saturated carbocycles. The first-order chi connectivity index (χ1) is 10.0. The smallest absolute Gasteiger partial charge is 0.169 e. The third-order valence-corrected chi connectivity index (χ3v) is 4.60. The molecule has 1 saturated heterocycles. The molecule has 0 bridgehead atoms. The van der Waals surface area contributed by atoms with Crippen LogP contribution in [0.15, 0.2) is 0 Å². The highest BCUT2D eigenvalue weighted by atomic mass is 15.3. The van der Waals surface area contributed by atoms with Crippen LogP contribution in [0.25, 0.3) is 0 Å². The van der Waals surface area contributed by atoms with E-state index in [9.17, 15) is 5.26 Å². The molecule has 114 valence electrons. The topological polar surface area (TPSA) is 56.1 Å². The van der Waals surface area contributed by atoms with E-state index in [2.05, 4.69) is 60.8 Å². The first-order valence-electron chi connectivity index (χ1n) is 7.78. The molecule has 0 aromatic carbocycles. The number of aromatic nitrogens is 2. The zero-order valence-electron chi connectivity index (χ0n) is 13.7. The van der Waals surface area contributed by atoms with Gasteiger partial charge in [-0.2, -0.15) is 10.4 Å². The number of aryl methyl sites for hydroxylation is 1. The summed E-state index contributed by atoms with van der Waals surface area (Å²) in [5.74, 6) is 0.762. The lowest BCUT2D eigenvalue weighted by molar-refractivity contribution is 0.169. The van der Waals surface area contributed by atoms with Crippen LogP contribution in [0, 0.1) is 11.3 Å². The number of piperazine rings is 1. The van der Waals surface area contributed by atoms with Crippen molar-refractivity contribution in [1.29, 1.82) is 5.26 Å². The molecular formula is C16H25N5. The van der Waals surface area contributed by atoms with Crippen molar-refractivity contribution in [3.05, 3.63) is 16.8 Å². The van der Waals surface area contributed by atoms with Gasteiger partial charge in [0.2, 0.25) is 0 Å². The molecule has 2 rings (SSSR count). The fourth-order valence-corrected chi connectivity index (χ4v) is 3.08. The summed E-state index contributed by atoms with van der Waals surface area (Å²) in [6.45, 7) is 10.3. The van der Waals surface area contributed by atoms with E-state index in [1.54, 1.807) is 0 Å². The molecule has 0 N–H and O–H groups in total. The van der Waals surface area contributed by atoms with E-state index in [1.165, 1.54) is 0 Å². The molecule has 0 aliphatic carbocycles. The average molecular weight is 287 g/mol. The van der Waals surface area contributed by atoms with Gasteiger partial charge >= 0.3 is 0 Å². The predicted molar refractivity (Wildman–Crippen MR) is 84.4 cm³/mol. The van der Waals surface area contributed by atoms with Crippen molar-refractivity contribution in [2.24, 2.45) is 0 Å². The molecule has 2 atom stereocenters. The molecule has 1 fully saturated rings. The van der Waals surface area contributed by atoms with Crippen LogP contribution in [-0.2, 0) is 12.8 Å². The number of nitriles is 1. The molecular weight excluding hydrogens is 262 g/mol. The third-order valence-electron chi connectivity index (χ3n) is 4.60. The van der Waals surface area contributed by atoms with E-state index in [-0.39, 0.29) is 0 Å². The summed E-state index contributed by atoms with van der Waals surface area (Å²) in [4.78, 5) is 4.59. The molecule has 0 radical (unpaired) electrons. The summed E-state index contributed by atoms with van der Waals surface area (Å²) in [5.41, 5.74) is 2.73. The van der Waals surface area contributed by atoms with Gasteiger partial charge in [0.15, 0.2) is 5.82 Å². The van der Waals surface area contributed by atoms with Crippen LogP contribution in [0.4, 0.5) is 5.82 Å². The molecule has 1 aliphatic rings. The van der Waals surface area contributed by atoms with Gasteiger partial charge in [0.1, 0.15) is 11.6 Å². The molecule has 5 nitrogen and oxygen atoms in total. The Kier molecular flexibility index (Phi) is 4.79. The van der Waals surface area contributed by atoms with Crippen LogP contribution in [0.2, 0.25) is 0 Å². The largest absolute Gasteiger partial charge is 0.351 e. The maximum atomic E-state index is 9.61. The van der Waals surface area contributed by atoms with Crippen molar-refractivity contribution < 1.29 is 0 Å². The van der Waals surface area contributed by atoms with Gasteiger partial charge in [-0.3, -0.25) is 4.90 Å². The van der Waals surface area contributed by atoms with E-state index in [4.69, 9.17) is 0 Å². The SMILES string of the molecule is CCc1nnc(N2CC(C)N(C)C(C)C2)c(C#N)c1CC. The minimum absolute atomic E-state index is 0.443. The Bertz CT molecular complexity index is 536. The highest BCUT2D eigenvalue weighted by Gasteiger charge is 2.29. The molecule has 2 heterocycles. The first-order valence-corrected chi connectivity index (χ1v) is 7.78. The second-order valence-electron chi connectivity index (χ2n) is 5.91. The number of rotatable bonds is 3. The highest BCUT2D eigenvalue weighted by molar-refractivity contribution is 5.58. The maximum absolute atomic E-state index is 9.61. The molecule has 0 spiro atoms. The minimum atomic E-state index is 0.443. The van der Waals surface area contributed by atoms with Crippen LogP contribution in [0.3, 0.4) is 0 Å². The Hall–Kier alpha value is -1.67. The first kappa shape index (κ1) is 15.7. The van der Waals surface area contributed by atoms with Crippen molar-refractivity contribution in [1.82, 2.24) is 15.1 Å². The maximum Gasteiger partial charge on any atom is 0.169 e. The van der Waals surface area contributed by atoms with Gasteiger partial charge in [-0.15, -0.1) is 5.10 Å². The lowest BCUT2D eigenvalue weighted by Gasteiger charge is -2.43. The Balaban J connectivity index is 2.43. The summed E-state index contributed by atoms with van der Waals surface area (Å²) < 4.78 is 0. The Morgan fingerprint density at radius 1 is 1.14 bits per heavy atom. The zero-order chi connectivity index (χ0) is 15.6. The van der Waals surface area contributed by atoms with Gasteiger partial charge in [0, 0.05) is 25.2 Å². The normalized spacial score (nSPS) is 23.1. The quantitative estimate of drug-likeness (QED) is 0.851. The summed E-state index contributed by atoms with van der Waals surface area (Å²) in [6, 6.07) is 3.26. The Morgan fingerprint density at radius 2 is 1.76 bits per heavy atom. The molecule has 5 heteroatoms. The second kappa shape index (κ2) is 6.40. The van der Waals surface area contributed by atoms with Crippen LogP contribution >= 0.6 is 0 Å². The molecule has 0 amide bonds. The van der Waals surface area contributed by atoms with Crippen LogP contribution in [0.1, 0.15) is 44.5 Å². The van der Waals surface area contributed by atoms with Crippen molar-refractivity contribution in [2.45, 2.75) is 52.6 Å². The van der Waals surface area contributed by atoms with Crippen molar-refractivity contribution >= 4 is 5.82 Å². The average Bonchev–Trinajstić information content (AvgIpc) is 2.50. The fourth-order valence-electron chi connectivity index (χ4n) is 3.08. The lowest BCUT2D eigenvalue weighted by Crippen LogP contribution is -2.55. The highest BCUT2D eigenvalue weighted by Crippen LogP contribution is 2.26. The van der Waals surface area contributed by atoms with E-state index in [0.717, 1.165) is 43.0 Å². The molecule has 1 aromatic heterocycles. The van der Waals surface area contributed by atoms with E-state index in [1.807, 2.05) is 0 Å². The molecule has 2 unspecified atom stereocenters. The van der Waals surface area contributed by atoms with Gasteiger partial charge in [-0.25, -0.2) is 0 Å². The third kappa shape index (κ3) is 2.86. The van der Waals surface area contributed by atoms with Crippen molar-refractivity contribution in [2.75, 3.05) is 25.0 Å². The van der Waals surface area contributed by atoms with Gasteiger partial charge < -0.3 is 4.90 Å². The molecule has 1 aromatic rings. The van der Waals surface area contributed by atoms with Crippen LogP contribution in [-0.4, -0.2) is 47.3 Å². The standard InChI is InChI=1S/C16H25N5/c1-6-13-14(8-17)16(19-18-15(13)7-2)21-9-11(3)20(5)12(4)10-21/h11-12H,6-7,9-10H2,1-5H3. The van der Waals surface area contributed by atoms with Crippen molar-refractivity contribution in [3.63, 3.8) is 0 Å². The second-order valence-corrected chi connectivity index (χ2v) is 5.91. The fraction of sp³-hybridized carbons (Fsp3) is 0.688. The number of anilines is 1. The number of hydrogen-bond acceptors (Lipinski definition) is 5. The van der Waals surface area contributed by atoms with Crippen LogP contribution < -0.4 is 4.90 Å². The van der Waals surface area contributed by atoms with Gasteiger partial charge in [-0.1, -0.05) is 13.8 Å². The summed E-state index contributed by atoms with van der Waals surface area (Å²) in [7, 11) is 2.15. The summed E-state index contributed by atoms with van der Waals surface area (Å²) in [5, 5.41) is 18.4. The van der Waals surface area contributed by atoms with E-state index < -0.39 is 0 Å². The Morgan fingerprint density at radius 3 is 2.24 bits per heavy atom. The monoisotopic (exact) mass is 287 g/mol. The number of hydrogen-bond donors (Lipinski definition) is 0. The zero-order valence-corrected chi connectivity index (χ0v) is 13.7. The van der Waals surface area contributed by atoms with Gasteiger partial charge in [0.05, 0.1) is 5.69 Å². The van der Waals surface area contributed by atoms with Gasteiger partial charge in [0.25, 0.3) is 0 Å². The molecule has 21 heavy (non-hydrogen) atoms. The van der Waals surface area contributed by atoms with Crippen molar-refractivity contribution in [3.8, 4) is 6.07 Å².